The first kappa shape index (κ1) is 17.5. The van der Waals surface area contributed by atoms with E-state index in [1.54, 1.807) is 7.11 Å². The van der Waals surface area contributed by atoms with E-state index in [4.69, 9.17) is 4.74 Å². The number of ether oxygens (including phenoxy) is 1. The Labute approximate surface area is 149 Å². The molecular weight excluding hydrogens is 340 g/mol. The maximum absolute atomic E-state index is 11.1. The lowest BCUT2D eigenvalue weighted by Crippen LogP contribution is -2.46. The van der Waals surface area contributed by atoms with Gasteiger partial charge in [0.2, 0.25) is 0 Å². The van der Waals surface area contributed by atoms with Crippen LogP contribution in [-0.2, 0) is 0 Å². The number of piperazine rings is 1. The molecule has 1 aliphatic heterocycles. The molecule has 9 nitrogen and oxygen atoms in total. The Morgan fingerprint density at radius 1 is 0.885 bits per heavy atom. The second-order valence-corrected chi connectivity index (χ2v) is 5.87. The zero-order valence-corrected chi connectivity index (χ0v) is 14.2. The van der Waals surface area contributed by atoms with E-state index in [9.17, 15) is 20.2 Å². The molecule has 0 spiro atoms. The molecule has 1 fully saturated rings. The number of methoxy groups -OCH3 is 1. The van der Waals surface area contributed by atoms with Crippen LogP contribution in [0.25, 0.3) is 0 Å². The summed E-state index contributed by atoms with van der Waals surface area (Å²) in [6.07, 6.45) is 0. The van der Waals surface area contributed by atoms with Crippen LogP contribution in [0.15, 0.2) is 42.5 Å². The number of hydrogen-bond donors (Lipinski definition) is 0. The zero-order chi connectivity index (χ0) is 18.7. The predicted octanol–water partition coefficient (Wildman–Crippen LogP) is 2.84. The Hall–Kier alpha value is -3.36. The van der Waals surface area contributed by atoms with Crippen molar-refractivity contribution < 1.29 is 14.6 Å². The van der Waals surface area contributed by atoms with Crippen molar-refractivity contribution >= 4 is 22.7 Å². The summed E-state index contributed by atoms with van der Waals surface area (Å²) < 4.78 is 5.39. The number of benzene rings is 2. The summed E-state index contributed by atoms with van der Waals surface area (Å²) in [5, 5.41) is 22.1. The number of anilines is 2. The Kier molecular flexibility index (Phi) is 4.87. The first-order chi connectivity index (χ1) is 12.5. The predicted molar refractivity (Wildman–Crippen MR) is 97.2 cm³/mol. The lowest BCUT2D eigenvalue weighted by molar-refractivity contribution is -0.394. The fourth-order valence-electron chi connectivity index (χ4n) is 3.07. The van der Waals surface area contributed by atoms with Gasteiger partial charge in [-0.15, -0.1) is 0 Å². The molecule has 0 saturated carbocycles. The van der Waals surface area contributed by atoms with Crippen LogP contribution < -0.4 is 14.5 Å². The van der Waals surface area contributed by atoms with Crippen LogP contribution >= 0.6 is 0 Å². The molecule has 136 valence electrons. The Bertz CT molecular complexity index is 801. The maximum Gasteiger partial charge on any atom is 0.278 e. The lowest BCUT2D eigenvalue weighted by atomic mass is 10.2. The van der Waals surface area contributed by atoms with Crippen molar-refractivity contribution in [2.24, 2.45) is 0 Å². The number of nitro groups is 2. The van der Waals surface area contributed by atoms with Crippen LogP contribution in [0.3, 0.4) is 0 Å². The SMILES string of the molecule is COc1ccccc1N1CCN(c2cc([N+](=O)[O-])cc([N+](=O)[O-])c2)CC1. The molecule has 9 heteroatoms. The Morgan fingerprint density at radius 3 is 1.96 bits per heavy atom. The van der Waals surface area contributed by atoms with Crippen LogP contribution in [0.2, 0.25) is 0 Å². The van der Waals surface area contributed by atoms with Crippen LogP contribution in [0, 0.1) is 20.2 Å². The second kappa shape index (κ2) is 7.26. The van der Waals surface area contributed by atoms with Crippen LogP contribution in [-0.4, -0.2) is 43.1 Å². The van der Waals surface area contributed by atoms with E-state index < -0.39 is 9.85 Å². The van der Waals surface area contributed by atoms with Crippen molar-refractivity contribution in [1.82, 2.24) is 0 Å². The summed E-state index contributed by atoms with van der Waals surface area (Å²) in [6, 6.07) is 11.5. The summed E-state index contributed by atoms with van der Waals surface area (Å²) in [7, 11) is 1.62. The molecule has 0 atom stereocenters. The van der Waals surface area contributed by atoms with E-state index in [0.29, 0.717) is 31.9 Å². The van der Waals surface area contributed by atoms with E-state index in [2.05, 4.69) is 4.90 Å². The smallest absolute Gasteiger partial charge is 0.278 e. The highest BCUT2D eigenvalue weighted by Gasteiger charge is 2.23. The van der Waals surface area contributed by atoms with Gasteiger partial charge in [0.05, 0.1) is 34.4 Å². The standard InChI is InChI=1S/C17H18N4O5/c1-26-17-5-3-2-4-16(17)19-8-6-18(7-9-19)13-10-14(20(22)23)12-15(11-13)21(24)25/h2-5,10-12H,6-9H2,1H3. The van der Waals surface area contributed by atoms with E-state index in [-0.39, 0.29) is 11.4 Å². The minimum atomic E-state index is -0.610. The van der Waals surface area contributed by atoms with Crippen molar-refractivity contribution in [3.63, 3.8) is 0 Å². The van der Waals surface area contributed by atoms with E-state index >= 15 is 0 Å². The molecule has 1 saturated heterocycles. The lowest BCUT2D eigenvalue weighted by Gasteiger charge is -2.37. The highest BCUT2D eigenvalue weighted by atomic mass is 16.6. The van der Waals surface area contributed by atoms with E-state index in [1.165, 1.54) is 12.1 Å². The molecule has 0 radical (unpaired) electrons. The van der Waals surface area contributed by atoms with Gasteiger partial charge in [0, 0.05) is 38.3 Å². The van der Waals surface area contributed by atoms with E-state index in [0.717, 1.165) is 17.5 Å². The summed E-state index contributed by atoms with van der Waals surface area (Å²) in [5.74, 6) is 0.784. The summed E-state index contributed by atoms with van der Waals surface area (Å²) >= 11 is 0. The Morgan fingerprint density at radius 2 is 1.42 bits per heavy atom. The maximum atomic E-state index is 11.1. The second-order valence-electron chi connectivity index (χ2n) is 5.87. The van der Waals surface area contributed by atoms with Crippen LogP contribution in [0.4, 0.5) is 22.7 Å². The van der Waals surface area contributed by atoms with Crippen molar-refractivity contribution in [2.45, 2.75) is 0 Å². The summed E-state index contributed by atoms with van der Waals surface area (Å²) in [4.78, 5) is 25.0. The third kappa shape index (κ3) is 3.51. The van der Waals surface area contributed by atoms with Gasteiger partial charge in [-0.1, -0.05) is 12.1 Å². The van der Waals surface area contributed by atoms with E-state index in [1.807, 2.05) is 29.2 Å². The quantitative estimate of drug-likeness (QED) is 0.598. The summed E-state index contributed by atoms with van der Waals surface area (Å²) in [5.41, 5.74) is 0.924. The molecule has 3 rings (SSSR count). The van der Waals surface area contributed by atoms with Gasteiger partial charge in [-0.25, -0.2) is 0 Å². The van der Waals surface area contributed by atoms with Gasteiger partial charge in [-0.3, -0.25) is 20.2 Å². The number of nitro benzene ring substituents is 2. The van der Waals surface area contributed by atoms with Gasteiger partial charge in [-0.05, 0) is 12.1 Å². The molecule has 2 aromatic carbocycles. The van der Waals surface area contributed by atoms with Gasteiger partial charge >= 0.3 is 0 Å². The number of para-hydroxylation sites is 2. The fraction of sp³-hybridized carbons (Fsp3) is 0.294. The van der Waals surface area contributed by atoms with Crippen LogP contribution in [0.1, 0.15) is 0 Å². The number of nitrogens with zero attached hydrogens (tertiary/aromatic N) is 4. The highest BCUT2D eigenvalue weighted by molar-refractivity contribution is 5.63. The highest BCUT2D eigenvalue weighted by Crippen LogP contribution is 2.31. The number of non-ortho nitro benzene ring substituents is 2. The van der Waals surface area contributed by atoms with Crippen molar-refractivity contribution in [3.8, 4) is 5.75 Å². The molecule has 1 heterocycles. The molecule has 26 heavy (non-hydrogen) atoms. The molecule has 1 aliphatic rings. The fourth-order valence-corrected chi connectivity index (χ4v) is 3.07. The van der Waals surface area contributed by atoms with Crippen molar-refractivity contribution in [2.75, 3.05) is 43.1 Å². The van der Waals surface area contributed by atoms with Gasteiger partial charge < -0.3 is 14.5 Å². The van der Waals surface area contributed by atoms with Gasteiger partial charge in [0.25, 0.3) is 11.4 Å². The minimum absolute atomic E-state index is 0.277. The zero-order valence-electron chi connectivity index (χ0n) is 14.2. The third-order valence-electron chi connectivity index (χ3n) is 4.38. The third-order valence-corrected chi connectivity index (χ3v) is 4.38. The molecule has 0 amide bonds. The average Bonchev–Trinajstić information content (AvgIpc) is 2.67. The largest absolute Gasteiger partial charge is 0.495 e. The molecule has 0 bridgehead atoms. The first-order valence-corrected chi connectivity index (χ1v) is 8.06. The summed E-state index contributed by atoms with van der Waals surface area (Å²) in [6.45, 7) is 2.54. The molecular formula is C17H18N4O5. The van der Waals surface area contributed by atoms with Crippen molar-refractivity contribution in [3.05, 3.63) is 62.7 Å². The molecule has 0 unspecified atom stereocenters. The van der Waals surface area contributed by atoms with Gasteiger partial charge in [-0.2, -0.15) is 0 Å². The monoisotopic (exact) mass is 358 g/mol. The Balaban J connectivity index is 1.79. The molecule has 0 aliphatic carbocycles. The van der Waals surface area contributed by atoms with Gasteiger partial charge in [0.15, 0.2) is 0 Å². The topological polar surface area (TPSA) is 102 Å². The molecule has 2 aromatic rings. The van der Waals surface area contributed by atoms with Gasteiger partial charge in [0.1, 0.15) is 5.75 Å². The minimum Gasteiger partial charge on any atom is -0.495 e. The van der Waals surface area contributed by atoms with Crippen molar-refractivity contribution in [1.29, 1.82) is 0 Å². The molecule has 0 aromatic heterocycles. The first-order valence-electron chi connectivity index (χ1n) is 8.06. The normalized spacial score (nSPS) is 14.2. The molecule has 0 N–H and O–H groups in total. The average molecular weight is 358 g/mol. The number of rotatable bonds is 5. The van der Waals surface area contributed by atoms with Crippen LogP contribution in [0.5, 0.6) is 5.75 Å². The number of hydrogen-bond acceptors (Lipinski definition) is 7.